The lowest BCUT2D eigenvalue weighted by Gasteiger charge is -2.26. The number of rotatable bonds is 6. The lowest BCUT2D eigenvalue weighted by molar-refractivity contribution is -0.122. The molecule has 0 aromatic heterocycles. The normalized spacial score (nSPS) is 14.8. The lowest BCUT2D eigenvalue weighted by atomic mass is 10.1. The first-order valence-electron chi connectivity index (χ1n) is 10.5. The molecule has 4 rings (SSSR count). The summed E-state index contributed by atoms with van der Waals surface area (Å²) in [6, 6.07) is 15.9. The van der Waals surface area contributed by atoms with Gasteiger partial charge < -0.3 is 14.6 Å². The first-order valence-corrected chi connectivity index (χ1v) is 11.3. The lowest BCUT2D eigenvalue weighted by Crippen LogP contribution is -2.54. The van der Waals surface area contributed by atoms with Gasteiger partial charge in [-0.3, -0.25) is 14.9 Å². The molecule has 0 bridgehead atoms. The van der Waals surface area contributed by atoms with Crippen LogP contribution in [-0.2, 0) is 16.2 Å². The standard InChI is InChI=1S/C26H21BrN2O6/c1-15-4-3-5-16(10-15)14-35-23-21(27)12-17(13-22(23)34-2)11-20-24(31)28-26(33)29(25(20)32)18-6-8-19(30)9-7-18/h3-13,30H,14H2,1-2H3,(H,28,31,33)/b20-11+. The molecule has 178 valence electrons. The van der Waals surface area contributed by atoms with Crippen LogP contribution in [0.5, 0.6) is 17.2 Å². The molecular weight excluding hydrogens is 516 g/mol. The molecule has 0 unspecified atom stereocenters. The number of carbonyl (C=O) groups is 3. The van der Waals surface area contributed by atoms with Crippen LogP contribution in [0, 0.1) is 6.92 Å². The number of barbiturate groups is 1. The van der Waals surface area contributed by atoms with Gasteiger partial charge in [-0.2, -0.15) is 0 Å². The molecule has 3 aromatic rings. The average Bonchev–Trinajstić information content (AvgIpc) is 2.82. The van der Waals surface area contributed by atoms with Gasteiger partial charge in [0.05, 0.1) is 17.3 Å². The van der Waals surface area contributed by atoms with E-state index in [0.29, 0.717) is 28.1 Å². The quantitative estimate of drug-likeness (QED) is 0.349. The number of methoxy groups -OCH3 is 1. The molecule has 9 heteroatoms. The summed E-state index contributed by atoms with van der Waals surface area (Å²) in [5, 5.41) is 11.7. The zero-order chi connectivity index (χ0) is 25.1. The molecule has 2 N–H and O–H groups in total. The summed E-state index contributed by atoms with van der Waals surface area (Å²) in [6.45, 7) is 2.32. The Morgan fingerprint density at radius 2 is 1.80 bits per heavy atom. The Morgan fingerprint density at radius 1 is 1.06 bits per heavy atom. The maximum Gasteiger partial charge on any atom is 0.335 e. The largest absolute Gasteiger partial charge is 0.508 e. The number of aryl methyl sites for hydroxylation is 1. The van der Waals surface area contributed by atoms with Gasteiger partial charge in [-0.05, 0) is 76.5 Å². The van der Waals surface area contributed by atoms with Gasteiger partial charge in [-0.25, -0.2) is 9.69 Å². The van der Waals surface area contributed by atoms with E-state index in [9.17, 15) is 19.5 Å². The third-order valence-corrected chi connectivity index (χ3v) is 5.83. The second kappa shape index (κ2) is 10.0. The van der Waals surface area contributed by atoms with E-state index in [1.54, 1.807) is 12.1 Å². The van der Waals surface area contributed by atoms with Gasteiger partial charge in [0.25, 0.3) is 11.8 Å². The van der Waals surface area contributed by atoms with Crippen LogP contribution in [0.2, 0.25) is 0 Å². The number of hydrogen-bond acceptors (Lipinski definition) is 6. The number of phenolic OH excluding ortho intramolecular Hbond substituents is 1. The smallest absolute Gasteiger partial charge is 0.335 e. The number of ether oxygens (including phenoxy) is 2. The zero-order valence-electron chi connectivity index (χ0n) is 18.9. The Hall–Kier alpha value is -4.11. The van der Waals surface area contributed by atoms with E-state index in [4.69, 9.17) is 9.47 Å². The number of amides is 4. The molecule has 0 aliphatic carbocycles. The minimum atomic E-state index is -0.874. The molecule has 1 aliphatic rings. The van der Waals surface area contributed by atoms with Crippen molar-refractivity contribution >= 4 is 45.5 Å². The van der Waals surface area contributed by atoms with Crippen molar-refractivity contribution < 1.29 is 29.0 Å². The fourth-order valence-electron chi connectivity index (χ4n) is 3.58. The number of phenols is 1. The van der Waals surface area contributed by atoms with Crippen LogP contribution in [0.1, 0.15) is 16.7 Å². The summed E-state index contributed by atoms with van der Waals surface area (Å²) < 4.78 is 12.0. The molecule has 35 heavy (non-hydrogen) atoms. The number of imide groups is 2. The predicted octanol–water partition coefficient (Wildman–Crippen LogP) is 4.72. The zero-order valence-corrected chi connectivity index (χ0v) is 20.5. The number of urea groups is 1. The average molecular weight is 537 g/mol. The van der Waals surface area contributed by atoms with Crippen LogP contribution in [0.4, 0.5) is 10.5 Å². The van der Waals surface area contributed by atoms with Crippen molar-refractivity contribution in [1.29, 1.82) is 0 Å². The van der Waals surface area contributed by atoms with Crippen molar-refractivity contribution in [3.63, 3.8) is 0 Å². The monoisotopic (exact) mass is 536 g/mol. The number of nitrogens with one attached hydrogen (secondary N) is 1. The maximum absolute atomic E-state index is 13.1. The van der Waals surface area contributed by atoms with Crippen molar-refractivity contribution in [3.05, 3.63) is 87.4 Å². The SMILES string of the molecule is COc1cc(/C=C2\C(=O)NC(=O)N(c3ccc(O)cc3)C2=O)cc(Br)c1OCc1cccc(C)c1. The van der Waals surface area contributed by atoms with Gasteiger partial charge in [-0.15, -0.1) is 0 Å². The minimum absolute atomic E-state index is 0.0212. The molecule has 4 amide bonds. The van der Waals surface area contributed by atoms with Crippen molar-refractivity contribution in [2.75, 3.05) is 12.0 Å². The number of halogens is 1. The number of hydrogen-bond donors (Lipinski definition) is 2. The Balaban J connectivity index is 1.64. The van der Waals surface area contributed by atoms with Gasteiger partial charge in [-0.1, -0.05) is 29.8 Å². The summed E-state index contributed by atoms with van der Waals surface area (Å²) in [4.78, 5) is 38.7. The van der Waals surface area contributed by atoms with Gasteiger partial charge in [0, 0.05) is 0 Å². The van der Waals surface area contributed by atoms with Crippen LogP contribution in [-0.4, -0.2) is 30.1 Å². The highest BCUT2D eigenvalue weighted by atomic mass is 79.9. The summed E-state index contributed by atoms with van der Waals surface area (Å²) in [6.07, 6.45) is 1.37. The van der Waals surface area contributed by atoms with Crippen molar-refractivity contribution in [3.8, 4) is 17.2 Å². The van der Waals surface area contributed by atoms with Crippen LogP contribution < -0.4 is 19.7 Å². The van der Waals surface area contributed by atoms with Crippen molar-refractivity contribution in [2.24, 2.45) is 0 Å². The van der Waals surface area contributed by atoms with E-state index in [0.717, 1.165) is 16.0 Å². The van der Waals surface area contributed by atoms with E-state index in [2.05, 4.69) is 21.2 Å². The molecule has 0 spiro atoms. The van der Waals surface area contributed by atoms with E-state index in [-0.39, 0.29) is 17.0 Å². The summed E-state index contributed by atoms with van der Waals surface area (Å²) >= 11 is 3.48. The predicted molar refractivity (Wildman–Crippen MR) is 133 cm³/mol. The summed E-state index contributed by atoms with van der Waals surface area (Å²) in [5.41, 5.74) is 2.57. The van der Waals surface area contributed by atoms with E-state index >= 15 is 0 Å². The van der Waals surface area contributed by atoms with Gasteiger partial charge in [0.1, 0.15) is 17.9 Å². The highest BCUT2D eigenvalue weighted by molar-refractivity contribution is 9.10. The van der Waals surface area contributed by atoms with Crippen molar-refractivity contribution in [2.45, 2.75) is 13.5 Å². The number of anilines is 1. The molecular formula is C26H21BrN2O6. The molecule has 3 aromatic carbocycles. The highest BCUT2D eigenvalue weighted by Crippen LogP contribution is 2.38. The molecule has 8 nitrogen and oxygen atoms in total. The molecule has 0 radical (unpaired) electrons. The number of carbonyl (C=O) groups excluding carboxylic acids is 3. The molecule has 0 atom stereocenters. The first-order chi connectivity index (χ1) is 16.8. The molecule has 0 saturated carbocycles. The Morgan fingerprint density at radius 3 is 2.49 bits per heavy atom. The summed E-state index contributed by atoms with van der Waals surface area (Å²) in [5.74, 6) is -0.762. The fourth-order valence-corrected chi connectivity index (χ4v) is 4.16. The molecule has 1 aliphatic heterocycles. The first kappa shape index (κ1) is 24.0. The topological polar surface area (TPSA) is 105 Å². The van der Waals surface area contributed by atoms with Crippen LogP contribution in [0.15, 0.2) is 70.7 Å². The minimum Gasteiger partial charge on any atom is -0.508 e. The van der Waals surface area contributed by atoms with E-state index < -0.39 is 17.8 Å². The second-order valence-electron chi connectivity index (χ2n) is 7.79. The molecule has 1 heterocycles. The maximum atomic E-state index is 13.1. The van der Waals surface area contributed by atoms with Crippen LogP contribution >= 0.6 is 15.9 Å². The number of nitrogens with zero attached hydrogens (tertiary/aromatic N) is 1. The third kappa shape index (κ3) is 5.20. The van der Waals surface area contributed by atoms with E-state index in [1.807, 2.05) is 31.2 Å². The van der Waals surface area contributed by atoms with Gasteiger partial charge in [0.2, 0.25) is 0 Å². The van der Waals surface area contributed by atoms with Crippen LogP contribution in [0.3, 0.4) is 0 Å². The van der Waals surface area contributed by atoms with Gasteiger partial charge in [0.15, 0.2) is 11.5 Å². The highest BCUT2D eigenvalue weighted by Gasteiger charge is 2.36. The van der Waals surface area contributed by atoms with Gasteiger partial charge >= 0.3 is 6.03 Å². The van der Waals surface area contributed by atoms with Crippen molar-refractivity contribution in [1.82, 2.24) is 5.32 Å². The summed E-state index contributed by atoms with van der Waals surface area (Å²) in [7, 11) is 1.49. The third-order valence-electron chi connectivity index (χ3n) is 5.24. The Kier molecular flexibility index (Phi) is 6.88. The number of benzene rings is 3. The molecule has 1 saturated heterocycles. The Labute approximate surface area is 209 Å². The fraction of sp³-hybridized carbons (Fsp3) is 0.115. The second-order valence-corrected chi connectivity index (χ2v) is 8.64. The molecule has 1 fully saturated rings. The van der Waals surface area contributed by atoms with Crippen LogP contribution in [0.25, 0.3) is 6.08 Å². The number of aromatic hydroxyl groups is 1. The Bertz CT molecular complexity index is 1350. The van der Waals surface area contributed by atoms with E-state index in [1.165, 1.54) is 37.5 Å².